The molecule has 0 fully saturated rings. The SMILES string of the molecule is CC(N(C)c1nc2ccccn2c1CCl)C(C)(C)C. The summed E-state index contributed by atoms with van der Waals surface area (Å²) in [6, 6.07) is 6.38. The van der Waals surface area contributed by atoms with Crippen molar-refractivity contribution < 1.29 is 0 Å². The number of fused-ring (bicyclic) bond motifs is 1. The number of imidazole rings is 1. The van der Waals surface area contributed by atoms with Crippen molar-refractivity contribution in [1.82, 2.24) is 9.38 Å². The molecule has 1 atom stereocenters. The smallest absolute Gasteiger partial charge is 0.152 e. The topological polar surface area (TPSA) is 20.5 Å². The summed E-state index contributed by atoms with van der Waals surface area (Å²) in [5.74, 6) is 1.44. The number of hydrogen-bond donors (Lipinski definition) is 0. The molecular weight excluding hydrogens is 258 g/mol. The second kappa shape index (κ2) is 5.04. The molecule has 0 saturated heterocycles. The van der Waals surface area contributed by atoms with Crippen LogP contribution >= 0.6 is 11.6 Å². The zero-order chi connectivity index (χ0) is 14.2. The summed E-state index contributed by atoms with van der Waals surface area (Å²) in [6.07, 6.45) is 2.01. The number of pyridine rings is 1. The van der Waals surface area contributed by atoms with Crippen LogP contribution in [0.5, 0.6) is 0 Å². The maximum absolute atomic E-state index is 6.13. The predicted molar refractivity (Wildman–Crippen MR) is 82.1 cm³/mol. The lowest BCUT2D eigenvalue weighted by Gasteiger charge is -2.36. The van der Waals surface area contributed by atoms with Gasteiger partial charge in [0.1, 0.15) is 5.65 Å². The van der Waals surface area contributed by atoms with Crippen molar-refractivity contribution in [3.63, 3.8) is 0 Å². The summed E-state index contributed by atoms with van der Waals surface area (Å²) >= 11 is 6.13. The summed E-state index contributed by atoms with van der Waals surface area (Å²) in [4.78, 5) is 6.95. The van der Waals surface area contributed by atoms with E-state index in [0.29, 0.717) is 11.9 Å². The van der Waals surface area contributed by atoms with Gasteiger partial charge in [0.15, 0.2) is 5.82 Å². The summed E-state index contributed by atoms with van der Waals surface area (Å²) in [7, 11) is 2.09. The summed E-state index contributed by atoms with van der Waals surface area (Å²) in [5, 5.41) is 0. The molecule has 2 aromatic rings. The van der Waals surface area contributed by atoms with Crippen LogP contribution in [0.1, 0.15) is 33.4 Å². The average molecular weight is 280 g/mol. The maximum atomic E-state index is 6.13. The van der Waals surface area contributed by atoms with Crippen LogP contribution in [0, 0.1) is 5.41 Å². The molecule has 0 aliphatic heterocycles. The number of halogens is 1. The van der Waals surface area contributed by atoms with Crippen LogP contribution in [0.3, 0.4) is 0 Å². The zero-order valence-electron chi connectivity index (χ0n) is 12.3. The van der Waals surface area contributed by atoms with Gasteiger partial charge in [-0.2, -0.15) is 0 Å². The first-order valence-electron chi connectivity index (χ1n) is 6.61. The third kappa shape index (κ3) is 2.57. The van der Waals surface area contributed by atoms with Gasteiger partial charge in [-0.25, -0.2) is 4.98 Å². The zero-order valence-corrected chi connectivity index (χ0v) is 13.1. The normalized spacial score (nSPS) is 13.8. The Labute approximate surface area is 120 Å². The molecule has 0 amide bonds. The minimum atomic E-state index is 0.189. The highest BCUT2D eigenvalue weighted by Gasteiger charge is 2.27. The second-order valence-electron chi connectivity index (χ2n) is 6.10. The maximum Gasteiger partial charge on any atom is 0.152 e. The molecule has 2 heterocycles. The van der Waals surface area contributed by atoms with Gasteiger partial charge < -0.3 is 9.30 Å². The second-order valence-corrected chi connectivity index (χ2v) is 6.36. The molecule has 19 heavy (non-hydrogen) atoms. The average Bonchev–Trinajstić information content (AvgIpc) is 2.74. The lowest BCUT2D eigenvalue weighted by atomic mass is 9.87. The number of hydrogen-bond acceptors (Lipinski definition) is 2. The Morgan fingerprint density at radius 3 is 2.63 bits per heavy atom. The van der Waals surface area contributed by atoms with Crippen LogP contribution in [0.4, 0.5) is 5.82 Å². The Hall–Kier alpha value is -1.22. The molecule has 0 aliphatic rings. The van der Waals surface area contributed by atoms with Crippen LogP contribution in [0.2, 0.25) is 0 Å². The molecule has 0 bridgehead atoms. The molecule has 2 rings (SSSR count). The number of aromatic nitrogens is 2. The van der Waals surface area contributed by atoms with E-state index >= 15 is 0 Å². The highest BCUT2D eigenvalue weighted by atomic mass is 35.5. The van der Waals surface area contributed by atoms with Crippen LogP contribution < -0.4 is 4.90 Å². The van der Waals surface area contributed by atoms with E-state index in [4.69, 9.17) is 16.6 Å². The third-order valence-electron chi connectivity index (χ3n) is 3.90. The van der Waals surface area contributed by atoms with Crippen LogP contribution in [-0.4, -0.2) is 22.5 Å². The molecule has 3 nitrogen and oxygen atoms in total. The van der Waals surface area contributed by atoms with Crippen LogP contribution in [-0.2, 0) is 5.88 Å². The minimum Gasteiger partial charge on any atom is -0.355 e. The Balaban J connectivity index is 2.50. The van der Waals surface area contributed by atoms with Gasteiger partial charge in [-0.1, -0.05) is 26.8 Å². The van der Waals surface area contributed by atoms with E-state index in [1.54, 1.807) is 0 Å². The summed E-state index contributed by atoms with van der Waals surface area (Å²) < 4.78 is 2.06. The van der Waals surface area contributed by atoms with Gasteiger partial charge in [0.05, 0.1) is 11.6 Å². The summed E-state index contributed by atoms with van der Waals surface area (Å²) in [6.45, 7) is 8.95. The van der Waals surface area contributed by atoms with E-state index < -0.39 is 0 Å². The number of alkyl halides is 1. The van der Waals surface area contributed by atoms with E-state index in [1.807, 2.05) is 24.4 Å². The molecule has 0 aromatic carbocycles. The van der Waals surface area contributed by atoms with Gasteiger partial charge in [-0.15, -0.1) is 11.6 Å². The Kier molecular flexibility index (Phi) is 3.77. The summed E-state index contributed by atoms with van der Waals surface area (Å²) in [5.41, 5.74) is 2.19. The van der Waals surface area contributed by atoms with E-state index in [1.165, 1.54) is 0 Å². The van der Waals surface area contributed by atoms with Gasteiger partial charge in [0, 0.05) is 19.3 Å². The molecule has 0 radical (unpaired) electrons. The quantitative estimate of drug-likeness (QED) is 0.793. The van der Waals surface area contributed by atoms with Crippen molar-refractivity contribution in [3.8, 4) is 0 Å². The van der Waals surface area contributed by atoms with Gasteiger partial charge >= 0.3 is 0 Å². The first-order valence-corrected chi connectivity index (χ1v) is 7.14. The molecule has 1 unspecified atom stereocenters. The monoisotopic (exact) mass is 279 g/mol. The Bertz CT molecular complexity index is 568. The lowest BCUT2D eigenvalue weighted by molar-refractivity contribution is 0.328. The third-order valence-corrected chi connectivity index (χ3v) is 4.16. The fraction of sp³-hybridized carbons (Fsp3) is 0.533. The lowest BCUT2D eigenvalue weighted by Crippen LogP contribution is -2.40. The van der Waals surface area contributed by atoms with Gasteiger partial charge in [0.25, 0.3) is 0 Å². The molecule has 0 aliphatic carbocycles. The number of rotatable bonds is 3. The highest BCUT2D eigenvalue weighted by Crippen LogP contribution is 2.30. The highest BCUT2D eigenvalue weighted by molar-refractivity contribution is 6.17. The minimum absolute atomic E-state index is 0.189. The van der Waals surface area contributed by atoms with Crippen molar-refractivity contribution in [2.24, 2.45) is 5.41 Å². The molecule has 2 aromatic heterocycles. The Morgan fingerprint density at radius 2 is 2.05 bits per heavy atom. The van der Waals surface area contributed by atoms with Crippen molar-refractivity contribution in [3.05, 3.63) is 30.1 Å². The molecule has 0 saturated carbocycles. The van der Waals surface area contributed by atoms with Crippen LogP contribution in [0.25, 0.3) is 5.65 Å². The molecule has 0 spiro atoms. The molecule has 4 heteroatoms. The molecule has 0 N–H and O–H groups in total. The van der Waals surface area contributed by atoms with Crippen molar-refractivity contribution in [2.45, 2.75) is 39.6 Å². The van der Waals surface area contributed by atoms with Crippen molar-refractivity contribution in [2.75, 3.05) is 11.9 Å². The predicted octanol–water partition coefficient (Wildman–Crippen LogP) is 3.94. The van der Waals surface area contributed by atoms with Gasteiger partial charge in [-0.05, 0) is 24.5 Å². The largest absolute Gasteiger partial charge is 0.355 e. The fourth-order valence-corrected chi connectivity index (χ4v) is 2.45. The van der Waals surface area contributed by atoms with Crippen molar-refractivity contribution >= 4 is 23.1 Å². The first-order chi connectivity index (χ1) is 8.86. The fourth-order valence-electron chi connectivity index (χ4n) is 2.21. The van der Waals surface area contributed by atoms with E-state index in [9.17, 15) is 0 Å². The van der Waals surface area contributed by atoms with E-state index in [0.717, 1.165) is 17.2 Å². The van der Waals surface area contributed by atoms with Gasteiger partial charge in [-0.3, -0.25) is 0 Å². The molecule has 104 valence electrons. The number of anilines is 1. The first kappa shape index (κ1) is 14.2. The van der Waals surface area contributed by atoms with Crippen LogP contribution in [0.15, 0.2) is 24.4 Å². The van der Waals surface area contributed by atoms with E-state index in [-0.39, 0.29) is 5.41 Å². The standard InChI is InChI=1S/C15H22ClN3/c1-11(15(2,3)4)18(5)14-12(10-16)19-9-7-6-8-13(19)17-14/h6-9,11H,10H2,1-5H3. The molecular formula is C15H22ClN3. The number of nitrogens with zero attached hydrogens (tertiary/aromatic N) is 3. The van der Waals surface area contributed by atoms with Gasteiger partial charge in [0.2, 0.25) is 0 Å². The van der Waals surface area contributed by atoms with Crippen molar-refractivity contribution in [1.29, 1.82) is 0 Å². The Morgan fingerprint density at radius 1 is 1.37 bits per heavy atom. The van der Waals surface area contributed by atoms with E-state index in [2.05, 4.69) is 44.0 Å².